The smallest absolute Gasteiger partial charge is 0.224 e. The van der Waals surface area contributed by atoms with Crippen molar-refractivity contribution in [3.05, 3.63) is 84.7 Å². The number of aryl methyl sites for hydroxylation is 1. The van der Waals surface area contributed by atoms with Gasteiger partial charge in [0.15, 0.2) is 0 Å². The van der Waals surface area contributed by atoms with Crippen molar-refractivity contribution in [3.63, 3.8) is 0 Å². The number of carbonyl (C=O) groups excluding carboxylic acids is 1. The number of anilines is 1. The van der Waals surface area contributed by atoms with Gasteiger partial charge >= 0.3 is 0 Å². The van der Waals surface area contributed by atoms with Gasteiger partial charge < -0.3 is 10.1 Å². The van der Waals surface area contributed by atoms with Crippen molar-refractivity contribution < 1.29 is 9.53 Å². The van der Waals surface area contributed by atoms with E-state index in [2.05, 4.69) is 10.3 Å². The summed E-state index contributed by atoms with van der Waals surface area (Å²) in [6.07, 6.45) is 5.46. The fourth-order valence-electron chi connectivity index (χ4n) is 2.46. The van der Waals surface area contributed by atoms with Crippen molar-refractivity contribution in [2.75, 3.05) is 5.32 Å². The first-order valence-electron chi connectivity index (χ1n) is 8.31. The van der Waals surface area contributed by atoms with Crippen LogP contribution in [0.2, 0.25) is 0 Å². The first-order chi connectivity index (χ1) is 12.3. The van der Waals surface area contributed by atoms with Gasteiger partial charge in [0.1, 0.15) is 11.5 Å². The average molecular weight is 332 g/mol. The molecule has 1 aromatic heterocycles. The van der Waals surface area contributed by atoms with Crippen LogP contribution in [0.25, 0.3) is 0 Å². The molecule has 0 atom stereocenters. The van der Waals surface area contributed by atoms with Crippen molar-refractivity contribution in [3.8, 4) is 11.5 Å². The van der Waals surface area contributed by atoms with E-state index in [4.69, 9.17) is 4.74 Å². The summed E-state index contributed by atoms with van der Waals surface area (Å²) in [7, 11) is 0. The Bertz CT molecular complexity index is 787. The predicted molar refractivity (Wildman–Crippen MR) is 98.8 cm³/mol. The van der Waals surface area contributed by atoms with Crippen LogP contribution in [-0.2, 0) is 11.2 Å². The lowest BCUT2D eigenvalue weighted by Crippen LogP contribution is -2.11. The van der Waals surface area contributed by atoms with Crippen LogP contribution in [0.15, 0.2) is 79.1 Å². The highest BCUT2D eigenvalue weighted by Crippen LogP contribution is 2.21. The van der Waals surface area contributed by atoms with E-state index in [1.807, 2.05) is 60.7 Å². The molecule has 0 unspecified atom stereocenters. The number of ether oxygens (including phenoxy) is 1. The summed E-state index contributed by atoms with van der Waals surface area (Å²) < 4.78 is 5.77. The van der Waals surface area contributed by atoms with Crippen molar-refractivity contribution >= 4 is 11.6 Å². The molecule has 0 fully saturated rings. The monoisotopic (exact) mass is 332 g/mol. The molecule has 3 rings (SSSR count). The normalized spacial score (nSPS) is 10.2. The number of nitrogens with one attached hydrogen (secondary N) is 1. The number of hydrogen-bond acceptors (Lipinski definition) is 3. The van der Waals surface area contributed by atoms with Gasteiger partial charge in [-0.15, -0.1) is 0 Å². The number of aromatic nitrogens is 1. The number of rotatable bonds is 7. The third-order valence-electron chi connectivity index (χ3n) is 3.72. The topological polar surface area (TPSA) is 51.2 Å². The molecule has 1 heterocycles. The van der Waals surface area contributed by atoms with Crippen molar-refractivity contribution in [1.82, 2.24) is 4.98 Å². The molecule has 0 saturated carbocycles. The standard InChI is InChI=1S/C21H20N2O2/c24-21(23-18-7-5-15-22-16-18)10-4-6-17-11-13-20(14-12-17)25-19-8-2-1-3-9-19/h1-3,5,7-9,11-16H,4,6,10H2,(H,23,24). The molecule has 2 aromatic carbocycles. The summed E-state index contributed by atoms with van der Waals surface area (Å²) in [4.78, 5) is 15.9. The number of pyridine rings is 1. The van der Waals surface area contributed by atoms with Crippen LogP contribution in [0.5, 0.6) is 11.5 Å². The molecule has 1 N–H and O–H groups in total. The van der Waals surface area contributed by atoms with E-state index in [9.17, 15) is 4.79 Å². The first kappa shape index (κ1) is 16.7. The van der Waals surface area contributed by atoms with Gasteiger partial charge in [0.2, 0.25) is 5.91 Å². The van der Waals surface area contributed by atoms with E-state index in [0.717, 1.165) is 30.0 Å². The van der Waals surface area contributed by atoms with Crippen LogP contribution >= 0.6 is 0 Å². The summed E-state index contributed by atoms with van der Waals surface area (Å²) in [6, 6.07) is 21.3. The number of hydrogen-bond donors (Lipinski definition) is 1. The SMILES string of the molecule is O=C(CCCc1ccc(Oc2ccccc2)cc1)Nc1cccnc1. The first-order valence-corrected chi connectivity index (χ1v) is 8.31. The Balaban J connectivity index is 1.43. The van der Waals surface area contributed by atoms with Crippen molar-refractivity contribution in [2.45, 2.75) is 19.3 Å². The average Bonchev–Trinajstić information content (AvgIpc) is 2.65. The zero-order valence-electron chi connectivity index (χ0n) is 13.9. The summed E-state index contributed by atoms with van der Waals surface area (Å²) in [5.41, 5.74) is 1.92. The molecule has 1 amide bonds. The maximum atomic E-state index is 11.9. The Labute approximate surface area is 147 Å². The Morgan fingerprint density at radius 2 is 1.68 bits per heavy atom. The lowest BCUT2D eigenvalue weighted by Gasteiger charge is -2.07. The van der Waals surface area contributed by atoms with Crippen molar-refractivity contribution in [1.29, 1.82) is 0 Å². The molecule has 0 aliphatic heterocycles. The second-order valence-electron chi connectivity index (χ2n) is 5.70. The molecule has 0 bridgehead atoms. The molecule has 3 aromatic rings. The third kappa shape index (κ3) is 5.46. The number of amides is 1. The number of carbonyl (C=O) groups is 1. The zero-order valence-corrected chi connectivity index (χ0v) is 13.9. The molecule has 0 spiro atoms. The molecule has 0 radical (unpaired) electrons. The third-order valence-corrected chi connectivity index (χ3v) is 3.72. The van der Waals surface area contributed by atoms with Crippen LogP contribution in [0, 0.1) is 0 Å². The lowest BCUT2D eigenvalue weighted by molar-refractivity contribution is -0.116. The second kappa shape index (κ2) is 8.64. The fourth-order valence-corrected chi connectivity index (χ4v) is 2.46. The molecular weight excluding hydrogens is 312 g/mol. The minimum atomic E-state index is 0.0111. The van der Waals surface area contributed by atoms with Crippen molar-refractivity contribution in [2.24, 2.45) is 0 Å². The molecule has 4 heteroatoms. The molecule has 0 saturated heterocycles. The second-order valence-corrected chi connectivity index (χ2v) is 5.70. The van der Waals surface area contributed by atoms with Gasteiger partial charge in [0.05, 0.1) is 11.9 Å². The van der Waals surface area contributed by atoms with E-state index in [1.165, 1.54) is 5.56 Å². The Kier molecular flexibility index (Phi) is 5.77. The molecular formula is C21H20N2O2. The van der Waals surface area contributed by atoms with Crippen LogP contribution < -0.4 is 10.1 Å². The molecule has 0 aliphatic carbocycles. The summed E-state index contributed by atoms with van der Waals surface area (Å²) in [6.45, 7) is 0. The maximum absolute atomic E-state index is 11.9. The summed E-state index contributed by atoms with van der Waals surface area (Å²) >= 11 is 0. The zero-order chi connectivity index (χ0) is 17.3. The van der Waals surface area contributed by atoms with Gasteiger partial charge in [0.25, 0.3) is 0 Å². The Morgan fingerprint density at radius 1 is 0.920 bits per heavy atom. The van der Waals surface area contributed by atoms with Gasteiger partial charge in [-0.3, -0.25) is 9.78 Å². The largest absolute Gasteiger partial charge is 0.457 e. The van der Waals surface area contributed by atoms with E-state index in [0.29, 0.717) is 6.42 Å². The van der Waals surface area contributed by atoms with E-state index >= 15 is 0 Å². The van der Waals surface area contributed by atoms with Gasteiger partial charge in [-0.2, -0.15) is 0 Å². The van der Waals surface area contributed by atoms with Gasteiger partial charge in [-0.05, 0) is 54.8 Å². The minimum absolute atomic E-state index is 0.0111. The molecule has 25 heavy (non-hydrogen) atoms. The van der Waals surface area contributed by atoms with Gasteiger partial charge in [-0.1, -0.05) is 30.3 Å². The molecule has 0 aliphatic rings. The lowest BCUT2D eigenvalue weighted by atomic mass is 10.1. The van der Waals surface area contributed by atoms with Crippen LogP contribution in [0.4, 0.5) is 5.69 Å². The number of benzene rings is 2. The van der Waals surface area contributed by atoms with Gasteiger partial charge in [-0.25, -0.2) is 0 Å². The summed E-state index contributed by atoms with van der Waals surface area (Å²) in [5.74, 6) is 1.64. The highest BCUT2D eigenvalue weighted by Gasteiger charge is 2.03. The van der Waals surface area contributed by atoms with Crippen LogP contribution in [0.1, 0.15) is 18.4 Å². The van der Waals surface area contributed by atoms with Crippen LogP contribution in [-0.4, -0.2) is 10.9 Å². The fraction of sp³-hybridized carbons (Fsp3) is 0.143. The van der Waals surface area contributed by atoms with Crippen LogP contribution in [0.3, 0.4) is 0 Å². The van der Waals surface area contributed by atoms with E-state index in [-0.39, 0.29) is 5.91 Å². The highest BCUT2D eigenvalue weighted by atomic mass is 16.5. The molecule has 4 nitrogen and oxygen atoms in total. The maximum Gasteiger partial charge on any atom is 0.224 e. The van der Waals surface area contributed by atoms with E-state index in [1.54, 1.807) is 18.5 Å². The highest BCUT2D eigenvalue weighted by molar-refractivity contribution is 5.90. The predicted octanol–water partition coefficient (Wildman–Crippen LogP) is 4.84. The Morgan fingerprint density at radius 3 is 2.40 bits per heavy atom. The summed E-state index contributed by atoms with van der Waals surface area (Å²) in [5, 5.41) is 2.84. The molecule has 126 valence electrons. The van der Waals surface area contributed by atoms with E-state index < -0.39 is 0 Å². The number of nitrogens with zero attached hydrogens (tertiary/aromatic N) is 1. The Hall–Kier alpha value is -3.14. The van der Waals surface area contributed by atoms with Gasteiger partial charge in [0, 0.05) is 12.6 Å². The quantitative estimate of drug-likeness (QED) is 0.674. The number of para-hydroxylation sites is 1. The minimum Gasteiger partial charge on any atom is -0.457 e.